The van der Waals surface area contributed by atoms with Crippen LogP contribution in [-0.4, -0.2) is 71.9 Å². The number of rotatable bonds is 1. The zero-order valence-electron chi connectivity index (χ0n) is 15.0. The van der Waals surface area contributed by atoms with E-state index >= 15 is 0 Å². The van der Waals surface area contributed by atoms with Crippen LogP contribution in [-0.2, 0) is 9.84 Å². The van der Waals surface area contributed by atoms with Crippen LogP contribution in [0.4, 0.5) is 0 Å². The number of hydrogen-bond donors (Lipinski definition) is 0. The maximum Gasteiger partial charge on any atom is 0.195 e. The molecule has 0 N–H and O–H groups in total. The Balaban J connectivity index is 0. The zero-order chi connectivity index (χ0) is 18.5. The van der Waals surface area contributed by atoms with E-state index in [-0.39, 0.29) is 0 Å². The van der Waals surface area contributed by atoms with Gasteiger partial charge in [0.1, 0.15) is 9.84 Å². The van der Waals surface area contributed by atoms with Crippen LogP contribution >= 0.6 is 11.6 Å². The molecule has 1 aromatic carbocycles. The van der Waals surface area contributed by atoms with E-state index in [0.717, 1.165) is 24.0 Å². The Morgan fingerprint density at radius 3 is 1.65 bits per heavy atom. The Labute approximate surface area is 146 Å². The first kappa shape index (κ1) is 23.7. The van der Waals surface area contributed by atoms with Crippen LogP contribution < -0.4 is 0 Å². The lowest BCUT2D eigenvalue weighted by molar-refractivity contribution is 0.482. The summed E-state index contributed by atoms with van der Waals surface area (Å²) in [7, 11) is 7.02. The van der Waals surface area contributed by atoms with Crippen molar-refractivity contribution in [2.75, 3.05) is 47.7 Å². The molecule has 1 rings (SSSR count). The van der Waals surface area contributed by atoms with Gasteiger partial charge in [-0.05, 0) is 11.6 Å². The van der Waals surface area contributed by atoms with Crippen molar-refractivity contribution in [1.82, 2.24) is 9.80 Å². The summed E-state index contributed by atoms with van der Waals surface area (Å²) < 4.78 is 19.3. The van der Waals surface area contributed by atoms with Crippen molar-refractivity contribution in [3.63, 3.8) is 0 Å². The predicted octanol–water partition coefficient (Wildman–Crippen LogP) is 2.65. The highest BCUT2D eigenvalue weighted by atomic mass is 35.5. The van der Waals surface area contributed by atoms with Crippen LogP contribution in [0, 0.1) is 0 Å². The normalized spacial score (nSPS) is 9.91. The maximum atomic E-state index is 9.63. The van der Waals surface area contributed by atoms with E-state index in [1.165, 1.54) is 5.54 Å². The summed E-state index contributed by atoms with van der Waals surface area (Å²) in [5.41, 5.74) is 2.64. The molecule has 0 aromatic heterocycles. The van der Waals surface area contributed by atoms with Gasteiger partial charge < -0.3 is 9.80 Å². The van der Waals surface area contributed by atoms with Crippen molar-refractivity contribution < 1.29 is 8.42 Å². The van der Waals surface area contributed by atoms with Crippen LogP contribution in [0.25, 0.3) is 6.08 Å². The van der Waals surface area contributed by atoms with Gasteiger partial charge in [0.05, 0.1) is 0 Å². The van der Waals surface area contributed by atoms with E-state index in [9.17, 15) is 8.42 Å². The SMILES string of the molecule is CN=C(N(C)C)N(C)C.CS(C)(=O)=O.ClC=Cc1ccccc1. The smallest absolute Gasteiger partial charge is 0.195 e. The summed E-state index contributed by atoms with van der Waals surface area (Å²) in [6, 6.07) is 9.93. The quantitative estimate of drug-likeness (QED) is 0.570. The van der Waals surface area contributed by atoms with Crippen LogP contribution in [0.5, 0.6) is 0 Å². The van der Waals surface area contributed by atoms with E-state index in [4.69, 9.17) is 11.6 Å². The fraction of sp³-hybridized carbons (Fsp3) is 0.438. The highest BCUT2D eigenvalue weighted by Crippen LogP contribution is 2.00. The molecule has 0 bridgehead atoms. The second kappa shape index (κ2) is 13.0. The van der Waals surface area contributed by atoms with Crippen LogP contribution in [0.1, 0.15) is 5.56 Å². The third-order valence-electron chi connectivity index (χ3n) is 2.06. The number of guanidine groups is 1. The fourth-order valence-corrected chi connectivity index (χ4v) is 1.58. The van der Waals surface area contributed by atoms with Crippen molar-refractivity contribution in [2.45, 2.75) is 0 Å². The third-order valence-corrected chi connectivity index (χ3v) is 2.18. The molecular weight excluding hydrogens is 334 g/mol. The molecule has 0 atom stereocenters. The summed E-state index contributed by atoms with van der Waals surface area (Å²) in [4.78, 5) is 8.00. The van der Waals surface area contributed by atoms with Crippen molar-refractivity contribution in [3.05, 3.63) is 41.4 Å². The third kappa shape index (κ3) is 18.4. The Bertz CT molecular complexity index is 550. The van der Waals surface area contributed by atoms with Gasteiger partial charge in [-0.2, -0.15) is 0 Å². The summed E-state index contributed by atoms with van der Waals surface area (Å²) in [6.07, 6.45) is 4.17. The minimum absolute atomic E-state index is 0.981. The summed E-state index contributed by atoms with van der Waals surface area (Å²) >= 11 is 5.36. The number of aliphatic imine (C=N–C) groups is 1. The molecule has 0 spiro atoms. The number of hydrogen-bond acceptors (Lipinski definition) is 3. The molecule has 0 radical (unpaired) electrons. The lowest BCUT2D eigenvalue weighted by Crippen LogP contribution is -2.35. The highest BCUT2D eigenvalue weighted by molar-refractivity contribution is 7.89. The summed E-state index contributed by atoms with van der Waals surface area (Å²) in [5.74, 6) is 0.981. The predicted molar refractivity (Wildman–Crippen MR) is 103 cm³/mol. The Morgan fingerprint density at radius 1 is 1.04 bits per heavy atom. The maximum absolute atomic E-state index is 9.63. The molecule has 0 heterocycles. The van der Waals surface area contributed by atoms with Gasteiger partial charge in [-0.15, -0.1) is 0 Å². The van der Waals surface area contributed by atoms with Gasteiger partial charge >= 0.3 is 0 Å². The highest BCUT2D eigenvalue weighted by Gasteiger charge is 1.99. The Morgan fingerprint density at radius 2 is 1.43 bits per heavy atom. The van der Waals surface area contributed by atoms with E-state index < -0.39 is 9.84 Å². The first-order chi connectivity index (χ1) is 10.5. The summed E-state index contributed by atoms with van der Waals surface area (Å²) in [6.45, 7) is 0. The molecule has 0 saturated heterocycles. The molecule has 0 aliphatic heterocycles. The number of benzene rings is 1. The molecule has 0 unspecified atom stereocenters. The molecule has 5 nitrogen and oxygen atoms in total. The minimum atomic E-state index is -2.67. The second-order valence-corrected chi connectivity index (χ2v) is 7.70. The Kier molecular flexibility index (Phi) is 13.4. The van der Waals surface area contributed by atoms with Crippen molar-refractivity contribution in [2.24, 2.45) is 4.99 Å². The topological polar surface area (TPSA) is 53.0 Å². The van der Waals surface area contributed by atoms with Gasteiger partial charge in [0.25, 0.3) is 0 Å². The van der Waals surface area contributed by atoms with Crippen molar-refractivity contribution >= 4 is 33.5 Å². The number of halogens is 1. The molecule has 7 heteroatoms. The number of sulfone groups is 1. The van der Waals surface area contributed by atoms with Crippen LogP contribution in [0.3, 0.4) is 0 Å². The second-order valence-electron chi connectivity index (χ2n) is 5.16. The fourth-order valence-electron chi connectivity index (χ4n) is 1.44. The average Bonchev–Trinajstić information content (AvgIpc) is 2.39. The molecule has 0 amide bonds. The number of nitrogens with zero attached hydrogens (tertiary/aromatic N) is 3. The van der Waals surface area contributed by atoms with Gasteiger partial charge in [0, 0.05) is 53.3 Å². The molecule has 0 aliphatic rings. The van der Waals surface area contributed by atoms with Crippen molar-refractivity contribution in [3.8, 4) is 0 Å². The van der Waals surface area contributed by atoms with Gasteiger partial charge in [-0.25, -0.2) is 8.42 Å². The van der Waals surface area contributed by atoms with E-state index in [2.05, 4.69) is 4.99 Å². The zero-order valence-corrected chi connectivity index (χ0v) is 16.6. The summed E-state index contributed by atoms with van der Waals surface area (Å²) in [5, 5.41) is 0. The first-order valence-electron chi connectivity index (χ1n) is 6.81. The minimum Gasteiger partial charge on any atom is -0.349 e. The van der Waals surface area contributed by atoms with Gasteiger partial charge in [-0.3, -0.25) is 4.99 Å². The average molecular weight is 362 g/mol. The van der Waals surface area contributed by atoms with Gasteiger partial charge in [-0.1, -0.05) is 41.9 Å². The lowest BCUT2D eigenvalue weighted by atomic mass is 10.2. The van der Waals surface area contributed by atoms with E-state index in [1.54, 1.807) is 7.05 Å². The molecular formula is C16H28ClN3O2S. The van der Waals surface area contributed by atoms with E-state index in [1.807, 2.05) is 74.4 Å². The monoisotopic (exact) mass is 361 g/mol. The van der Waals surface area contributed by atoms with Gasteiger partial charge in [0.15, 0.2) is 5.96 Å². The molecule has 1 aromatic rings. The molecule has 0 aliphatic carbocycles. The molecule has 0 fully saturated rings. The van der Waals surface area contributed by atoms with E-state index in [0.29, 0.717) is 0 Å². The molecule has 132 valence electrons. The Hall–Kier alpha value is -1.53. The van der Waals surface area contributed by atoms with Crippen molar-refractivity contribution in [1.29, 1.82) is 0 Å². The van der Waals surface area contributed by atoms with Gasteiger partial charge in [0.2, 0.25) is 0 Å². The lowest BCUT2D eigenvalue weighted by Gasteiger charge is -2.21. The molecule has 0 saturated carbocycles. The van der Waals surface area contributed by atoms with Crippen LogP contribution in [0.2, 0.25) is 0 Å². The largest absolute Gasteiger partial charge is 0.349 e. The standard InChI is InChI=1S/C8H7Cl.C6H15N3.C2H6O2S/c9-7-6-8-4-2-1-3-5-8;1-7-6(8(2)3)9(4)5;1-5(2,3)4/h1-7H;1-5H3;1-2H3. The first-order valence-corrected chi connectivity index (χ1v) is 9.54. The van der Waals surface area contributed by atoms with Crippen LogP contribution in [0.15, 0.2) is 40.9 Å². The molecule has 23 heavy (non-hydrogen) atoms.